The summed E-state index contributed by atoms with van der Waals surface area (Å²) in [5, 5.41) is 8.23. The van der Waals surface area contributed by atoms with Gasteiger partial charge in [-0.3, -0.25) is 0 Å². The van der Waals surface area contributed by atoms with Gasteiger partial charge in [-0.25, -0.2) is 0 Å². The molecule has 0 saturated carbocycles. The number of carboxylic acids is 1. The fourth-order valence-electron chi connectivity index (χ4n) is 0.285. The van der Waals surface area contributed by atoms with Crippen molar-refractivity contribution in [2.75, 3.05) is 0 Å². The molecule has 48 valence electrons. The molecule has 0 unspecified atom stereocenters. The summed E-state index contributed by atoms with van der Waals surface area (Å²) in [7, 11) is -0.399. The summed E-state index contributed by atoms with van der Waals surface area (Å²) >= 11 is 0. The maximum absolute atomic E-state index is 10.0. The van der Waals surface area contributed by atoms with Crippen molar-refractivity contribution in [1.29, 1.82) is 0 Å². The van der Waals surface area contributed by atoms with E-state index in [9.17, 15) is 9.36 Å². The van der Waals surface area contributed by atoms with Crippen LogP contribution in [0.3, 0.4) is 0 Å². The molecule has 3 nitrogen and oxygen atoms in total. The molecule has 9 heavy (non-hydrogen) atoms. The molecule has 0 aromatic heterocycles. The summed E-state index contributed by atoms with van der Waals surface area (Å²) in [5.41, 5.74) is 2.05. The Kier molecular flexibility index (Phi) is 3.78. The van der Waals surface area contributed by atoms with E-state index in [0.717, 1.165) is 0 Å². The molecule has 0 amide bonds. The van der Waals surface area contributed by atoms with Crippen LogP contribution in [0.4, 0.5) is 0 Å². The van der Waals surface area contributed by atoms with E-state index in [1.54, 1.807) is 6.92 Å². The van der Waals surface area contributed by atoms with Crippen LogP contribution < -0.4 is 0 Å². The van der Waals surface area contributed by atoms with Gasteiger partial charge in [-0.1, -0.05) is 0 Å². The van der Waals surface area contributed by atoms with E-state index in [-0.39, 0.29) is 5.57 Å². The van der Waals surface area contributed by atoms with Gasteiger partial charge in [0.1, 0.15) is 0 Å². The van der Waals surface area contributed by atoms with E-state index in [1.165, 1.54) is 6.08 Å². The van der Waals surface area contributed by atoms with Crippen LogP contribution in [0.25, 0.3) is 0 Å². The summed E-state index contributed by atoms with van der Waals surface area (Å²) in [6.45, 7) is 1.54. The summed E-state index contributed by atoms with van der Waals surface area (Å²) in [5.74, 6) is -1.11. The number of hydrogen-bond acceptors (Lipinski definition) is 2. The van der Waals surface area contributed by atoms with Gasteiger partial charge < -0.3 is 0 Å². The first-order chi connectivity index (χ1) is 4.22. The molecule has 0 atom stereocenters. The number of carbonyl (C=O) groups is 1. The van der Waals surface area contributed by atoms with Crippen molar-refractivity contribution in [3.63, 3.8) is 0 Å². The van der Waals surface area contributed by atoms with E-state index in [0.29, 0.717) is 0 Å². The second-order valence-corrected chi connectivity index (χ2v) is 1.62. The van der Waals surface area contributed by atoms with Crippen LogP contribution in [0.5, 0.6) is 0 Å². The number of aliphatic carboxylic acids is 1. The molecular weight excluding hydrogens is 139 g/mol. The van der Waals surface area contributed by atoms with Crippen molar-refractivity contribution in [3.05, 3.63) is 11.6 Å². The maximum atomic E-state index is 10.0. The third kappa shape index (κ3) is 2.91. The van der Waals surface area contributed by atoms with Crippen LogP contribution in [0.2, 0.25) is 0 Å². The van der Waals surface area contributed by atoms with Crippen molar-refractivity contribution < 1.29 is 14.5 Å². The van der Waals surface area contributed by atoms with Crippen molar-refractivity contribution >= 4 is 13.9 Å². The average molecular weight is 144 g/mol. The van der Waals surface area contributed by atoms with Crippen molar-refractivity contribution in [1.82, 2.24) is 0 Å². The standard InChI is InChI=1S/C5H5O3P/c1-2-4(3-9-8)5(6)7/h2H,1H3,(H,6,7). The van der Waals surface area contributed by atoms with Gasteiger partial charge in [0.05, 0.1) is 0 Å². The molecule has 0 spiro atoms. The van der Waals surface area contributed by atoms with E-state index < -0.39 is 13.9 Å². The monoisotopic (exact) mass is 144 g/mol. The average Bonchev–Trinajstić information content (AvgIpc) is 1.82. The molecule has 0 aliphatic rings. The van der Waals surface area contributed by atoms with Crippen LogP contribution >= 0.6 is 7.92 Å². The van der Waals surface area contributed by atoms with Crippen molar-refractivity contribution in [2.45, 2.75) is 6.92 Å². The first kappa shape index (κ1) is 8.22. The summed E-state index contributed by atoms with van der Waals surface area (Å²) in [4.78, 5) is 10.0. The van der Waals surface area contributed by atoms with E-state index in [2.05, 4.69) is 5.63 Å². The number of hydrogen-bond donors (Lipinski definition) is 1. The Labute approximate surface area is 53.5 Å². The Morgan fingerprint density at radius 1 is 1.78 bits per heavy atom. The van der Waals surface area contributed by atoms with Gasteiger partial charge in [0.15, 0.2) is 0 Å². The fraction of sp³-hybridized carbons (Fsp3) is 0.200. The van der Waals surface area contributed by atoms with Crippen LogP contribution in [-0.4, -0.2) is 11.1 Å². The molecule has 0 radical (unpaired) electrons. The third-order valence-electron chi connectivity index (χ3n) is 0.685. The van der Waals surface area contributed by atoms with Crippen molar-refractivity contribution in [3.8, 4) is 5.63 Å². The van der Waals surface area contributed by atoms with Crippen LogP contribution in [0.1, 0.15) is 6.92 Å². The molecule has 0 aromatic rings. The molecule has 0 rings (SSSR count). The molecule has 0 aliphatic carbocycles. The minimum absolute atomic E-state index is 0.0633. The molecule has 0 fully saturated rings. The second-order valence-electron chi connectivity index (χ2n) is 1.21. The minimum atomic E-state index is -1.11. The molecular formula is C5H5O3P. The fourth-order valence-corrected chi connectivity index (χ4v) is 0.608. The van der Waals surface area contributed by atoms with Gasteiger partial charge in [-0.15, -0.1) is 0 Å². The SMILES string of the molecule is CC=C(C#P=O)C(=O)O. The number of carboxylic acid groups (broad SMARTS) is 1. The van der Waals surface area contributed by atoms with Gasteiger partial charge in [-0.2, -0.15) is 0 Å². The van der Waals surface area contributed by atoms with E-state index in [1.807, 2.05) is 0 Å². The van der Waals surface area contributed by atoms with Crippen molar-refractivity contribution in [2.24, 2.45) is 0 Å². The zero-order valence-electron chi connectivity index (χ0n) is 4.79. The zero-order valence-corrected chi connectivity index (χ0v) is 5.68. The first-order valence-electron chi connectivity index (χ1n) is 2.20. The number of allylic oxidation sites excluding steroid dienone is 1. The molecule has 1 N–H and O–H groups in total. The Balaban J connectivity index is 4.51. The predicted molar refractivity (Wildman–Crippen MR) is 32.9 cm³/mol. The van der Waals surface area contributed by atoms with Crippen LogP contribution in [0.15, 0.2) is 11.6 Å². The van der Waals surface area contributed by atoms with Gasteiger partial charge in [0.25, 0.3) is 0 Å². The Morgan fingerprint density at radius 2 is 2.33 bits per heavy atom. The number of rotatable bonds is 1. The first-order valence-corrected chi connectivity index (χ1v) is 3.01. The topological polar surface area (TPSA) is 54.4 Å². The van der Waals surface area contributed by atoms with Crippen LogP contribution in [-0.2, 0) is 9.36 Å². The normalized spacial score (nSPS) is 10.1. The second kappa shape index (κ2) is 4.13. The molecule has 0 aliphatic heterocycles. The summed E-state index contributed by atoms with van der Waals surface area (Å²) in [6.07, 6.45) is 1.33. The van der Waals surface area contributed by atoms with Gasteiger partial charge in [0.2, 0.25) is 0 Å². The molecule has 0 bridgehead atoms. The zero-order chi connectivity index (χ0) is 7.28. The van der Waals surface area contributed by atoms with Gasteiger partial charge in [-0.05, 0) is 0 Å². The van der Waals surface area contributed by atoms with Crippen LogP contribution in [0, 0.1) is 5.63 Å². The molecule has 0 heterocycles. The quantitative estimate of drug-likeness (QED) is 0.445. The van der Waals surface area contributed by atoms with E-state index in [4.69, 9.17) is 5.11 Å². The summed E-state index contributed by atoms with van der Waals surface area (Å²) < 4.78 is 9.76. The van der Waals surface area contributed by atoms with Gasteiger partial charge in [0, 0.05) is 0 Å². The van der Waals surface area contributed by atoms with Gasteiger partial charge >= 0.3 is 52.6 Å². The third-order valence-corrected chi connectivity index (χ3v) is 1.02. The molecule has 0 aromatic carbocycles. The summed E-state index contributed by atoms with van der Waals surface area (Å²) in [6, 6.07) is 0. The Morgan fingerprint density at radius 3 is 2.44 bits per heavy atom. The molecule has 4 heteroatoms. The predicted octanol–water partition coefficient (Wildman–Crippen LogP) is 1.27. The Bertz CT molecular complexity index is 234. The molecule has 0 saturated heterocycles. The Hall–Kier alpha value is -0.780. The van der Waals surface area contributed by atoms with E-state index >= 15 is 0 Å².